The highest BCUT2D eigenvalue weighted by Gasteiger charge is 2.12. The van der Waals surface area contributed by atoms with Gasteiger partial charge < -0.3 is 5.43 Å². The van der Waals surface area contributed by atoms with E-state index in [2.05, 4.69) is 10.1 Å². The summed E-state index contributed by atoms with van der Waals surface area (Å²) in [6.07, 6.45) is 2.14. The summed E-state index contributed by atoms with van der Waals surface area (Å²) in [5.74, 6) is 5.68. The van der Waals surface area contributed by atoms with Crippen molar-refractivity contribution in [3.8, 4) is 0 Å². The zero-order valence-corrected chi connectivity index (χ0v) is 11.7. The molecule has 0 aliphatic carbocycles. The molecule has 6 nitrogen and oxygen atoms in total. The molecule has 0 saturated carbocycles. The zero-order chi connectivity index (χ0) is 13.6. The van der Waals surface area contributed by atoms with Crippen LogP contribution < -0.4 is 16.0 Å². The lowest BCUT2D eigenvalue weighted by Gasteiger charge is -2.07. The molecular formula is C10H17N3O3S2. The summed E-state index contributed by atoms with van der Waals surface area (Å²) in [4.78, 5) is 0.180. The van der Waals surface area contributed by atoms with E-state index in [0.717, 1.165) is 0 Å². The second-order valence-corrected chi connectivity index (χ2v) is 7.02. The van der Waals surface area contributed by atoms with E-state index >= 15 is 0 Å². The molecule has 8 heteroatoms. The molecule has 0 fully saturated rings. The second kappa shape index (κ2) is 6.83. The Balaban J connectivity index is 2.59. The van der Waals surface area contributed by atoms with Crippen molar-refractivity contribution in [2.75, 3.05) is 24.0 Å². The van der Waals surface area contributed by atoms with Gasteiger partial charge in [-0.2, -0.15) is 0 Å². The van der Waals surface area contributed by atoms with Crippen LogP contribution in [0, 0.1) is 0 Å². The smallest absolute Gasteiger partial charge is 0.240 e. The molecule has 0 aliphatic rings. The Kier molecular flexibility index (Phi) is 5.73. The molecule has 0 saturated heterocycles. The fraction of sp³-hybridized carbons (Fsp3) is 0.400. The SMILES string of the molecule is CS(=O)CCCNS(=O)(=O)c1ccc(NN)cc1. The predicted molar refractivity (Wildman–Crippen MR) is 73.0 cm³/mol. The fourth-order valence-corrected chi connectivity index (χ4v) is 2.92. The molecule has 1 atom stereocenters. The first-order valence-corrected chi connectivity index (χ1v) is 8.53. The van der Waals surface area contributed by atoms with E-state index in [1.807, 2.05) is 0 Å². The number of sulfonamides is 1. The lowest BCUT2D eigenvalue weighted by molar-refractivity contribution is 0.580. The van der Waals surface area contributed by atoms with E-state index in [1.165, 1.54) is 12.1 Å². The molecule has 1 aromatic carbocycles. The lowest BCUT2D eigenvalue weighted by atomic mass is 10.3. The predicted octanol–water partition coefficient (Wildman–Crippen LogP) is 0.0191. The third kappa shape index (κ3) is 4.73. The fourth-order valence-electron chi connectivity index (χ4n) is 1.30. The number of hydrogen-bond donors (Lipinski definition) is 3. The van der Waals surface area contributed by atoms with E-state index in [9.17, 15) is 12.6 Å². The molecule has 18 heavy (non-hydrogen) atoms. The summed E-state index contributed by atoms with van der Waals surface area (Å²) in [5.41, 5.74) is 3.06. The van der Waals surface area contributed by atoms with Crippen LogP contribution in [-0.2, 0) is 20.8 Å². The molecule has 0 aliphatic heterocycles. The number of nitrogens with two attached hydrogens (primary N) is 1. The van der Waals surface area contributed by atoms with Gasteiger partial charge in [0.1, 0.15) is 0 Å². The van der Waals surface area contributed by atoms with Crippen molar-refractivity contribution < 1.29 is 12.6 Å². The minimum absolute atomic E-state index is 0.180. The van der Waals surface area contributed by atoms with Crippen molar-refractivity contribution in [2.45, 2.75) is 11.3 Å². The highest BCUT2D eigenvalue weighted by molar-refractivity contribution is 7.89. The number of hydrazine groups is 1. The molecule has 102 valence electrons. The number of nitrogens with one attached hydrogen (secondary N) is 2. The quantitative estimate of drug-likeness (QED) is 0.373. The van der Waals surface area contributed by atoms with Crippen molar-refractivity contribution >= 4 is 26.5 Å². The molecule has 0 bridgehead atoms. The standard InChI is InChI=1S/C10H17N3O3S2/c1-17(14)8-2-7-12-18(15,16)10-5-3-9(13-11)4-6-10/h3-6,12-13H,2,7-8,11H2,1H3. The summed E-state index contributed by atoms with van der Waals surface area (Å²) < 4.78 is 37.0. The van der Waals surface area contributed by atoms with Gasteiger partial charge in [0.25, 0.3) is 0 Å². The van der Waals surface area contributed by atoms with Crippen LogP contribution in [0.5, 0.6) is 0 Å². The lowest BCUT2D eigenvalue weighted by Crippen LogP contribution is -2.25. The van der Waals surface area contributed by atoms with E-state index in [-0.39, 0.29) is 11.4 Å². The first kappa shape index (κ1) is 15.1. The summed E-state index contributed by atoms with van der Waals surface area (Å²) in [7, 11) is -4.40. The summed E-state index contributed by atoms with van der Waals surface area (Å²) in [5, 5.41) is 0. The van der Waals surface area contributed by atoms with Crippen LogP contribution in [0.25, 0.3) is 0 Å². The van der Waals surface area contributed by atoms with Gasteiger partial charge in [-0.05, 0) is 30.7 Å². The van der Waals surface area contributed by atoms with E-state index in [0.29, 0.717) is 17.9 Å². The Bertz CT molecular complexity index is 500. The van der Waals surface area contributed by atoms with Gasteiger partial charge in [0.2, 0.25) is 10.0 Å². The molecule has 0 spiro atoms. The number of rotatable bonds is 7. The first-order chi connectivity index (χ1) is 8.45. The maximum Gasteiger partial charge on any atom is 0.240 e. The number of anilines is 1. The van der Waals surface area contributed by atoms with Gasteiger partial charge in [0, 0.05) is 35.0 Å². The average Bonchev–Trinajstić information content (AvgIpc) is 2.34. The third-order valence-electron chi connectivity index (χ3n) is 2.23. The van der Waals surface area contributed by atoms with Crippen LogP contribution in [-0.4, -0.2) is 31.2 Å². The maximum absolute atomic E-state index is 11.8. The van der Waals surface area contributed by atoms with Crippen molar-refractivity contribution in [1.29, 1.82) is 0 Å². The Morgan fingerprint density at radius 2 is 1.89 bits per heavy atom. The monoisotopic (exact) mass is 291 g/mol. The number of nitrogen functional groups attached to an aromatic ring is 1. The highest BCUT2D eigenvalue weighted by Crippen LogP contribution is 2.12. The van der Waals surface area contributed by atoms with Crippen LogP contribution in [0.2, 0.25) is 0 Å². The summed E-state index contributed by atoms with van der Waals surface area (Å²) in [6, 6.07) is 6.09. The highest BCUT2D eigenvalue weighted by atomic mass is 32.2. The van der Waals surface area contributed by atoms with Crippen LogP contribution >= 0.6 is 0 Å². The minimum Gasteiger partial charge on any atom is -0.324 e. The normalized spacial score (nSPS) is 13.2. The summed E-state index contributed by atoms with van der Waals surface area (Å²) >= 11 is 0. The van der Waals surface area contributed by atoms with E-state index in [1.54, 1.807) is 18.4 Å². The second-order valence-electron chi connectivity index (χ2n) is 3.70. The molecule has 0 heterocycles. The number of benzene rings is 1. The van der Waals surface area contributed by atoms with Gasteiger partial charge in [-0.25, -0.2) is 13.1 Å². The molecule has 4 N–H and O–H groups in total. The minimum atomic E-state index is -3.50. The first-order valence-electron chi connectivity index (χ1n) is 5.32. The molecule has 1 rings (SSSR count). The summed E-state index contributed by atoms with van der Waals surface area (Å²) in [6.45, 7) is 0.277. The van der Waals surface area contributed by atoms with Gasteiger partial charge in [-0.1, -0.05) is 0 Å². The topological polar surface area (TPSA) is 101 Å². The van der Waals surface area contributed by atoms with Gasteiger partial charge in [-0.3, -0.25) is 10.1 Å². The Morgan fingerprint density at radius 1 is 1.28 bits per heavy atom. The third-order valence-corrected chi connectivity index (χ3v) is 4.57. The Hall–Kier alpha value is -0.960. The Labute approximate surface area is 109 Å². The van der Waals surface area contributed by atoms with Crippen LogP contribution in [0.1, 0.15) is 6.42 Å². The van der Waals surface area contributed by atoms with Crippen LogP contribution in [0.15, 0.2) is 29.2 Å². The largest absolute Gasteiger partial charge is 0.324 e. The molecule has 0 amide bonds. The Morgan fingerprint density at radius 3 is 2.39 bits per heavy atom. The van der Waals surface area contributed by atoms with Crippen LogP contribution in [0.3, 0.4) is 0 Å². The van der Waals surface area contributed by atoms with Crippen molar-refractivity contribution in [3.05, 3.63) is 24.3 Å². The van der Waals surface area contributed by atoms with Crippen molar-refractivity contribution in [1.82, 2.24) is 4.72 Å². The molecule has 1 unspecified atom stereocenters. The zero-order valence-electron chi connectivity index (χ0n) is 10.0. The molecule has 0 aromatic heterocycles. The maximum atomic E-state index is 11.8. The van der Waals surface area contributed by atoms with E-state index < -0.39 is 20.8 Å². The average molecular weight is 291 g/mol. The van der Waals surface area contributed by atoms with Crippen molar-refractivity contribution in [2.24, 2.45) is 5.84 Å². The van der Waals surface area contributed by atoms with E-state index in [4.69, 9.17) is 5.84 Å². The van der Waals surface area contributed by atoms with Crippen LogP contribution in [0.4, 0.5) is 5.69 Å². The van der Waals surface area contributed by atoms with Gasteiger partial charge >= 0.3 is 0 Å². The van der Waals surface area contributed by atoms with Gasteiger partial charge in [0.05, 0.1) is 4.90 Å². The molecule has 1 aromatic rings. The number of hydrogen-bond acceptors (Lipinski definition) is 5. The van der Waals surface area contributed by atoms with Gasteiger partial charge in [-0.15, -0.1) is 0 Å². The van der Waals surface area contributed by atoms with Gasteiger partial charge in [0.15, 0.2) is 0 Å². The van der Waals surface area contributed by atoms with Crippen molar-refractivity contribution in [3.63, 3.8) is 0 Å². The molecule has 0 radical (unpaired) electrons. The molecular weight excluding hydrogens is 274 g/mol.